The van der Waals surface area contributed by atoms with Gasteiger partial charge in [-0.25, -0.2) is 4.79 Å². The van der Waals surface area contributed by atoms with Gasteiger partial charge in [0.05, 0.1) is 6.10 Å². The molecule has 2 heterocycles. The van der Waals surface area contributed by atoms with Crippen LogP contribution >= 0.6 is 0 Å². The van der Waals surface area contributed by atoms with Crippen molar-refractivity contribution in [1.29, 1.82) is 0 Å². The highest BCUT2D eigenvalue weighted by molar-refractivity contribution is 5.93. The van der Waals surface area contributed by atoms with E-state index >= 15 is 0 Å². The minimum absolute atomic E-state index is 0.0109. The molecule has 1 aromatic rings. The topological polar surface area (TPSA) is 88.8 Å². The molecule has 0 aromatic carbocycles. The molecule has 2 unspecified atom stereocenters. The highest BCUT2D eigenvalue weighted by atomic mass is 16.5. The normalized spacial score (nSPS) is 22.3. The van der Waals surface area contributed by atoms with Crippen LogP contribution in [0.3, 0.4) is 0 Å². The molecule has 1 aromatic heterocycles. The lowest BCUT2D eigenvalue weighted by atomic mass is 9.78. The van der Waals surface area contributed by atoms with Crippen LogP contribution < -0.4 is 5.32 Å². The lowest BCUT2D eigenvalue weighted by Crippen LogP contribution is -2.45. The Hall–Kier alpha value is -1.82. The van der Waals surface area contributed by atoms with Crippen LogP contribution in [0, 0.1) is 11.3 Å². The van der Waals surface area contributed by atoms with E-state index in [4.69, 9.17) is 14.3 Å². The van der Waals surface area contributed by atoms with E-state index in [-0.39, 0.29) is 29.0 Å². The Kier molecular flexibility index (Phi) is 4.90. The second-order valence-corrected chi connectivity index (χ2v) is 6.74. The van der Waals surface area contributed by atoms with Crippen LogP contribution in [0.4, 0.5) is 0 Å². The zero-order chi connectivity index (χ0) is 16.3. The van der Waals surface area contributed by atoms with Gasteiger partial charge in [0.2, 0.25) is 5.76 Å². The maximum atomic E-state index is 12.0. The van der Waals surface area contributed by atoms with Gasteiger partial charge in [-0.3, -0.25) is 4.79 Å². The Morgan fingerprint density at radius 3 is 2.59 bits per heavy atom. The molecule has 6 nitrogen and oxygen atoms in total. The third-order valence-corrected chi connectivity index (χ3v) is 3.86. The monoisotopic (exact) mass is 309 g/mol. The van der Waals surface area contributed by atoms with Crippen LogP contribution in [-0.4, -0.2) is 36.2 Å². The van der Waals surface area contributed by atoms with E-state index in [0.29, 0.717) is 6.54 Å². The summed E-state index contributed by atoms with van der Waals surface area (Å²) in [5.41, 5.74) is 0.0109. The fourth-order valence-corrected chi connectivity index (χ4v) is 2.90. The van der Waals surface area contributed by atoms with Crippen molar-refractivity contribution in [3.63, 3.8) is 0 Å². The first-order chi connectivity index (χ1) is 10.3. The summed E-state index contributed by atoms with van der Waals surface area (Å²) in [5, 5.41) is 11.6. The third kappa shape index (κ3) is 3.88. The molecule has 2 atom stereocenters. The number of carboxylic acid groups (broad SMARTS) is 1. The molecular weight excluding hydrogens is 286 g/mol. The predicted molar refractivity (Wildman–Crippen MR) is 79.9 cm³/mol. The first-order valence-electron chi connectivity index (χ1n) is 7.52. The lowest BCUT2D eigenvalue weighted by molar-refractivity contribution is -0.0839. The number of carboxylic acids is 1. The largest absolute Gasteiger partial charge is 0.475 e. The van der Waals surface area contributed by atoms with Crippen molar-refractivity contribution in [2.75, 3.05) is 13.2 Å². The molecule has 122 valence electrons. The number of carbonyl (C=O) groups excluding carboxylic acids is 1. The summed E-state index contributed by atoms with van der Waals surface area (Å²) in [6, 6.07) is 2.65. The summed E-state index contributed by atoms with van der Waals surface area (Å²) >= 11 is 0. The van der Waals surface area contributed by atoms with Crippen molar-refractivity contribution in [1.82, 2.24) is 5.32 Å². The molecule has 0 radical (unpaired) electrons. The van der Waals surface area contributed by atoms with Crippen molar-refractivity contribution < 1.29 is 23.8 Å². The Bertz CT molecular complexity index is 543. The van der Waals surface area contributed by atoms with Gasteiger partial charge in [0.25, 0.3) is 5.91 Å². The average Bonchev–Trinajstić information content (AvgIpc) is 2.94. The molecule has 1 saturated heterocycles. The van der Waals surface area contributed by atoms with Gasteiger partial charge < -0.3 is 19.6 Å². The molecule has 6 heteroatoms. The van der Waals surface area contributed by atoms with E-state index in [9.17, 15) is 9.59 Å². The standard InChI is InChI=1S/C16H23NO5/c1-16(2,3)13-10(5-4-8-21-13)9-17-14(18)11-6-7-12(22-11)15(19)20/h6-7,10,13H,4-5,8-9H2,1-3H3,(H,17,18)(H,19,20). The minimum atomic E-state index is -1.19. The molecule has 0 saturated carbocycles. The van der Waals surface area contributed by atoms with Gasteiger partial charge in [-0.1, -0.05) is 20.8 Å². The number of carbonyl (C=O) groups is 2. The summed E-state index contributed by atoms with van der Waals surface area (Å²) in [6.45, 7) is 7.63. The van der Waals surface area contributed by atoms with Crippen molar-refractivity contribution in [3.8, 4) is 0 Å². The summed E-state index contributed by atoms with van der Waals surface area (Å²) in [7, 11) is 0. The number of rotatable bonds is 4. The predicted octanol–water partition coefficient (Wildman–Crippen LogP) is 2.55. The number of nitrogens with one attached hydrogen (secondary N) is 1. The smallest absolute Gasteiger partial charge is 0.371 e. The fraction of sp³-hybridized carbons (Fsp3) is 0.625. The van der Waals surface area contributed by atoms with Crippen LogP contribution in [0.15, 0.2) is 16.5 Å². The number of ether oxygens (including phenoxy) is 1. The van der Waals surface area contributed by atoms with E-state index in [1.54, 1.807) is 0 Å². The Labute approximate surface area is 129 Å². The van der Waals surface area contributed by atoms with Gasteiger partial charge >= 0.3 is 5.97 Å². The van der Waals surface area contributed by atoms with Crippen LogP contribution in [-0.2, 0) is 4.74 Å². The van der Waals surface area contributed by atoms with Crippen LogP contribution in [0.25, 0.3) is 0 Å². The second kappa shape index (κ2) is 6.52. The fourth-order valence-electron chi connectivity index (χ4n) is 2.90. The quantitative estimate of drug-likeness (QED) is 0.892. The lowest BCUT2D eigenvalue weighted by Gasteiger charge is -2.40. The first kappa shape index (κ1) is 16.5. The Morgan fingerprint density at radius 2 is 2.00 bits per heavy atom. The Morgan fingerprint density at radius 1 is 1.32 bits per heavy atom. The van der Waals surface area contributed by atoms with E-state index in [0.717, 1.165) is 19.4 Å². The molecule has 22 heavy (non-hydrogen) atoms. The van der Waals surface area contributed by atoms with Crippen molar-refractivity contribution in [2.24, 2.45) is 11.3 Å². The van der Waals surface area contributed by atoms with Gasteiger partial charge in [0, 0.05) is 19.1 Å². The number of aromatic carboxylic acids is 1. The summed E-state index contributed by atoms with van der Waals surface area (Å²) < 4.78 is 10.9. The molecule has 2 N–H and O–H groups in total. The van der Waals surface area contributed by atoms with E-state index < -0.39 is 11.9 Å². The summed E-state index contributed by atoms with van der Waals surface area (Å²) in [4.78, 5) is 22.8. The second-order valence-electron chi connectivity index (χ2n) is 6.74. The van der Waals surface area contributed by atoms with Gasteiger partial charge in [-0.05, 0) is 30.4 Å². The van der Waals surface area contributed by atoms with Gasteiger partial charge in [-0.15, -0.1) is 0 Å². The maximum absolute atomic E-state index is 12.0. The third-order valence-electron chi connectivity index (χ3n) is 3.86. The molecule has 2 rings (SSSR count). The highest BCUT2D eigenvalue weighted by Crippen LogP contribution is 2.33. The molecule has 0 aliphatic carbocycles. The van der Waals surface area contributed by atoms with Crippen molar-refractivity contribution in [3.05, 3.63) is 23.7 Å². The summed E-state index contributed by atoms with van der Waals surface area (Å²) in [5.74, 6) is -1.56. The molecule has 1 aliphatic rings. The minimum Gasteiger partial charge on any atom is -0.475 e. The van der Waals surface area contributed by atoms with Crippen LogP contribution in [0.5, 0.6) is 0 Å². The van der Waals surface area contributed by atoms with E-state index in [1.807, 2.05) is 0 Å². The summed E-state index contributed by atoms with van der Waals surface area (Å²) in [6.07, 6.45) is 2.07. The average molecular weight is 309 g/mol. The molecule has 1 aliphatic heterocycles. The number of amides is 1. The zero-order valence-electron chi connectivity index (χ0n) is 13.2. The number of furan rings is 1. The zero-order valence-corrected chi connectivity index (χ0v) is 13.2. The van der Waals surface area contributed by atoms with Crippen molar-refractivity contribution >= 4 is 11.9 Å². The highest BCUT2D eigenvalue weighted by Gasteiger charge is 2.35. The van der Waals surface area contributed by atoms with Gasteiger partial charge in [-0.2, -0.15) is 0 Å². The molecule has 0 bridgehead atoms. The number of hydrogen-bond acceptors (Lipinski definition) is 4. The Balaban J connectivity index is 1.95. The number of hydrogen-bond donors (Lipinski definition) is 2. The van der Waals surface area contributed by atoms with E-state index in [2.05, 4.69) is 26.1 Å². The molecule has 1 amide bonds. The molecule has 0 spiro atoms. The maximum Gasteiger partial charge on any atom is 0.371 e. The van der Waals surface area contributed by atoms with Crippen LogP contribution in [0.2, 0.25) is 0 Å². The first-order valence-corrected chi connectivity index (χ1v) is 7.52. The van der Waals surface area contributed by atoms with E-state index in [1.165, 1.54) is 12.1 Å². The van der Waals surface area contributed by atoms with Gasteiger partial charge in [0.1, 0.15) is 0 Å². The van der Waals surface area contributed by atoms with Crippen LogP contribution in [0.1, 0.15) is 54.7 Å². The van der Waals surface area contributed by atoms with Gasteiger partial charge in [0.15, 0.2) is 5.76 Å². The SMILES string of the molecule is CC(C)(C)C1OCCCC1CNC(=O)c1ccc(C(=O)O)o1. The molecule has 1 fully saturated rings. The van der Waals surface area contributed by atoms with Crippen molar-refractivity contribution in [2.45, 2.75) is 39.7 Å². The molecular formula is C16H23NO5.